The third kappa shape index (κ3) is 8.68. The lowest BCUT2D eigenvalue weighted by Crippen LogP contribution is -2.17. The summed E-state index contributed by atoms with van der Waals surface area (Å²) in [6.07, 6.45) is 19.1. The Labute approximate surface area is 148 Å². The van der Waals surface area contributed by atoms with E-state index in [4.69, 9.17) is 4.74 Å². The highest BCUT2D eigenvalue weighted by Gasteiger charge is 2.34. The van der Waals surface area contributed by atoms with Crippen LogP contribution in [0.3, 0.4) is 0 Å². The van der Waals surface area contributed by atoms with Gasteiger partial charge < -0.3 is 9.84 Å². The number of unbranched alkanes of at least 4 members (excludes halogenated alkanes) is 12. The van der Waals surface area contributed by atoms with Gasteiger partial charge in [-0.05, 0) is 32.6 Å². The average molecular weight is 337 g/mol. The standard InChI is InChI=1S/C21H36O3/c1-3-4-5-6-7-8-9-10-11-12-13-14-15-16-17-19-20(22)18(2)24-21(19)23/h3,17-18,20,22H,1,4-16H2,2H3. The van der Waals surface area contributed by atoms with Crippen LogP contribution in [0, 0.1) is 0 Å². The normalized spacial score (nSPS) is 22.1. The number of cyclic esters (lactones) is 1. The summed E-state index contributed by atoms with van der Waals surface area (Å²) in [4.78, 5) is 11.5. The van der Waals surface area contributed by atoms with Crippen molar-refractivity contribution in [3.05, 3.63) is 24.3 Å². The summed E-state index contributed by atoms with van der Waals surface area (Å²) in [6, 6.07) is 0. The highest BCUT2D eigenvalue weighted by molar-refractivity contribution is 5.92. The molecule has 0 saturated carbocycles. The molecule has 1 rings (SSSR count). The zero-order valence-corrected chi connectivity index (χ0v) is 15.5. The fourth-order valence-electron chi connectivity index (χ4n) is 3.16. The van der Waals surface area contributed by atoms with Crippen molar-refractivity contribution >= 4 is 5.97 Å². The third-order valence-corrected chi connectivity index (χ3v) is 4.77. The van der Waals surface area contributed by atoms with Gasteiger partial charge >= 0.3 is 5.97 Å². The maximum atomic E-state index is 11.5. The lowest BCUT2D eigenvalue weighted by atomic mass is 10.0. The molecule has 1 heterocycles. The minimum absolute atomic E-state index is 0.348. The molecule has 3 nitrogen and oxygen atoms in total. The van der Waals surface area contributed by atoms with Crippen LogP contribution in [-0.4, -0.2) is 23.3 Å². The molecule has 0 spiro atoms. The number of rotatable bonds is 14. The lowest BCUT2D eigenvalue weighted by Gasteiger charge is -2.05. The van der Waals surface area contributed by atoms with E-state index < -0.39 is 12.2 Å². The van der Waals surface area contributed by atoms with E-state index in [1.807, 2.05) is 12.2 Å². The molecule has 1 aliphatic rings. The van der Waals surface area contributed by atoms with Gasteiger partial charge in [0.1, 0.15) is 12.2 Å². The van der Waals surface area contributed by atoms with Crippen molar-refractivity contribution in [2.45, 2.75) is 103 Å². The van der Waals surface area contributed by atoms with E-state index in [2.05, 4.69) is 6.58 Å². The molecule has 1 N–H and O–H groups in total. The van der Waals surface area contributed by atoms with Crippen LogP contribution >= 0.6 is 0 Å². The first kappa shape index (κ1) is 21.0. The number of aliphatic hydroxyl groups excluding tert-OH is 1. The molecular weight excluding hydrogens is 300 g/mol. The summed E-state index contributed by atoms with van der Waals surface area (Å²) in [7, 11) is 0. The van der Waals surface area contributed by atoms with Crippen molar-refractivity contribution in [2.24, 2.45) is 0 Å². The Kier molecular flexibility index (Phi) is 11.5. The molecule has 0 radical (unpaired) electrons. The van der Waals surface area contributed by atoms with Crippen LogP contribution in [0.4, 0.5) is 0 Å². The summed E-state index contributed by atoms with van der Waals surface area (Å²) >= 11 is 0. The molecule has 1 fully saturated rings. The summed E-state index contributed by atoms with van der Waals surface area (Å²) in [5.41, 5.74) is 0.454. The summed E-state index contributed by atoms with van der Waals surface area (Å²) in [6.45, 7) is 5.48. The molecule has 1 saturated heterocycles. The zero-order chi connectivity index (χ0) is 17.6. The Hall–Kier alpha value is -1.09. The number of aliphatic hydroxyl groups is 1. The Morgan fingerprint density at radius 1 is 0.917 bits per heavy atom. The minimum Gasteiger partial charge on any atom is -0.456 e. The van der Waals surface area contributed by atoms with Crippen LogP contribution < -0.4 is 0 Å². The van der Waals surface area contributed by atoms with Gasteiger partial charge in [0, 0.05) is 0 Å². The largest absolute Gasteiger partial charge is 0.456 e. The Balaban J connectivity index is 1.87. The van der Waals surface area contributed by atoms with Gasteiger partial charge in [0.15, 0.2) is 0 Å². The van der Waals surface area contributed by atoms with Crippen molar-refractivity contribution < 1.29 is 14.6 Å². The second-order valence-corrected chi connectivity index (χ2v) is 6.97. The van der Waals surface area contributed by atoms with E-state index in [1.165, 1.54) is 64.2 Å². The maximum Gasteiger partial charge on any atom is 0.336 e. The van der Waals surface area contributed by atoms with Crippen molar-refractivity contribution in [1.29, 1.82) is 0 Å². The van der Waals surface area contributed by atoms with Crippen molar-refractivity contribution in [2.75, 3.05) is 0 Å². The average Bonchev–Trinajstić information content (AvgIpc) is 2.81. The smallest absolute Gasteiger partial charge is 0.336 e. The number of esters is 1. The zero-order valence-electron chi connectivity index (χ0n) is 15.5. The van der Waals surface area contributed by atoms with Crippen molar-refractivity contribution in [3.63, 3.8) is 0 Å². The Morgan fingerprint density at radius 3 is 1.79 bits per heavy atom. The molecule has 0 aromatic rings. The first-order valence-electron chi connectivity index (χ1n) is 9.86. The highest BCUT2D eigenvalue weighted by Crippen LogP contribution is 2.22. The molecule has 138 valence electrons. The first-order chi connectivity index (χ1) is 11.7. The molecule has 2 atom stereocenters. The monoisotopic (exact) mass is 336 g/mol. The maximum absolute atomic E-state index is 11.5. The quantitative estimate of drug-likeness (QED) is 0.198. The number of hydrogen-bond acceptors (Lipinski definition) is 3. The van der Waals surface area contributed by atoms with Gasteiger partial charge in [-0.25, -0.2) is 4.79 Å². The van der Waals surface area contributed by atoms with Gasteiger partial charge in [0.2, 0.25) is 0 Å². The van der Waals surface area contributed by atoms with Gasteiger partial charge in [-0.3, -0.25) is 0 Å². The fraction of sp³-hybridized carbons (Fsp3) is 0.762. The number of carbonyl (C=O) groups is 1. The molecule has 1 aliphatic heterocycles. The van der Waals surface area contributed by atoms with Crippen molar-refractivity contribution in [1.82, 2.24) is 0 Å². The van der Waals surface area contributed by atoms with Gasteiger partial charge in [0.25, 0.3) is 0 Å². The summed E-state index contributed by atoms with van der Waals surface area (Å²) in [5.74, 6) is -0.348. The highest BCUT2D eigenvalue weighted by atomic mass is 16.6. The number of carbonyl (C=O) groups excluding carboxylic acids is 1. The predicted molar refractivity (Wildman–Crippen MR) is 99.9 cm³/mol. The first-order valence-corrected chi connectivity index (χ1v) is 9.86. The van der Waals surface area contributed by atoms with E-state index in [9.17, 15) is 9.90 Å². The van der Waals surface area contributed by atoms with Crippen LogP contribution in [0.25, 0.3) is 0 Å². The van der Waals surface area contributed by atoms with Crippen LogP contribution in [-0.2, 0) is 9.53 Å². The van der Waals surface area contributed by atoms with Crippen LogP contribution in [0.15, 0.2) is 24.3 Å². The van der Waals surface area contributed by atoms with Crippen LogP contribution in [0.5, 0.6) is 0 Å². The molecule has 0 amide bonds. The Morgan fingerprint density at radius 2 is 1.38 bits per heavy atom. The van der Waals surface area contributed by atoms with Crippen molar-refractivity contribution in [3.8, 4) is 0 Å². The molecule has 3 heteroatoms. The predicted octanol–water partition coefficient (Wildman–Crippen LogP) is 5.48. The molecule has 24 heavy (non-hydrogen) atoms. The molecular formula is C21H36O3. The lowest BCUT2D eigenvalue weighted by molar-refractivity contribution is -0.138. The van der Waals surface area contributed by atoms with Crippen LogP contribution in [0.2, 0.25) is 0 Å². The van der Waals surface area contributed by atoms with E-state index in [-0.39, 0.29) is 5.97 Å². The number of allylic oxidation sites excluding steroid dienone is 2. The molecule has 2 unspecified atom stereocenters. The topological polar surface area (TPSA) is 46.5 Å². The number of ether oxygens (including phenoxy) is 1. The SMILES string of the molecule is C=CCCCCCCCCCCCCCC=C1C(=O)OC(C)C1O. The second kappa shape index (κ2) is 13.2. The van der Waals surface area contributed by atoms with Gasteiger partial charge in [-0.2, -0.15) is 0 Å². The Bertz CT molecular complexity index is 387. The van der Waals surface area contributed by atoms with E-state index in [0.29, 0.717) is 5.57 Å². The molecule has 0 aromatic heterocycles. The van der Waals surface area contributed by atoms with Crippen LogP contribution in [0.1, 0.15) is 90.4 Å². The van der Waals surface area contributed by atoms with E-state index in [0.717, 1.165) is 19.3 Å². The summed E-state index contributed by atoms with van der Waals surface area (Å²) in [5, 5.41) is 9.81. The van der Waals surface area contributed by atoms with Gasteiger partial charge in [-0.1, -0.05) is 69.9 Å². The molecule has 0 aromatic carbocycles. The minimum atomic E-state index is -0.741. The van der Waals surface area contributed by atoms with E-state index >= 15 is 0 Å². The van der Waals surface area contributed by atoms with E-state index in [1.54, 1.807) is 6.92 Å². The summed E-state index contributed by atoms with van der Waals surface area (Å²) < 4.78 is 4.99. The van der Waals surface area contributed by atoms with Gasteiger partial charge in [0.05, 0.1) is 5.57 Å². The third-order valence-electron chi connectivity index (χ3n) is 4.77. The van der Waals surface area contributed by atoms with Gasteiger partial charge in [-0.15, -0.1) is 6.58 Å². The molecule has 0 aliphatic carbocycles. The second-order valence-electron chi connectivity index (χ2n) is 6.97. The number of hydrogen-bond donors (Lipinski definition) is 1. The molecule has 0 bridgehead atoms. The fourth-order valence-corrected chi connectivity index (χ4v) is 3.16.